The summed E-state index contributed by atoms with van der Waals surface area (Å²) in [7, 11) is 0. The summed E-state index contributed by atoms with van der Waals surface area (Å²) < 4.78 is 0. The van der Waals surface area contributed by atoms with Gasteiger partial charge in [-0.25, -0.2) is 0 Å². The molecule has 3 rings (SSSR count). The summed E-state index contributed by atoms with van der Waals surface area (Å²) in [4.78, 5) is 13.0. The lowest BCUT2D eigenvalue weighted by Crippen LogP contribution is -2.14. The van der Waals surface area contributed by atoms with Gasteiger partial charge in [-0.1, -0.05) is 78.3 Å². The first kappa shape index (κ1) is 17.0. The summed E-state index contributed by atoms with van der Waals surface area (Å²) in [6, 6.07) is 24.9. The van der Waals surface area contributed by atoms with Crippen LogP contribution >= 0.6 is 11.6 Å². The van der Waals surface area contributed by atoms with Gasteiger partial charge in [-0.2, -0.15) is 0 Å². The molecule has 124 valence electrons. The van der Waals surface area contributed by atoms with Crippen molar-refractivity contribution in [1.82, 2.24) is 0 Å². The van der Waals surface area contributed by atoms with Crippen LogP contribution in [0.25, 0.3) is 11.6 Å². The zero-order chi connectivity index (χ0) is 17.6. The van der Waals surface area contributed by atoms with Gasteiger partial charge < -0.3 is 5.32 Å². The van der Waals surface area contributed by atoms with Crippen molar-refractivity contribution in [3.05, 3.63) is 101 Å². The molecular weight excluding hydrogens is 330 g/mol. The number of halogens is 1. The maximum atomic E-state index is 13.0. The largest absolute Gasteiger partial charge is 0.322 e. The van der Waals surface area contributed by atoms with E-state index >= 15 is 0 Å². The molecule has 0 aliphatic rings. The number of carbonyl (C=O) groups is 1. The fourth-order valence-corrected chi connectivity index (χ4v) is 2.70. The topological polar surface area (TPSA) is 29.1 Å². The van der Waals surface area contributed by atoms with Gasteiger partial charge in [0.25, 0.3) is 5.91 Å². The predicted octanol–water partition coefficient (Wildman–Crippen LogP) is 5.83. The lowest BCUT2D eigenvalue weighted by Gasteiger charge is -2.12. The molecule has 0 radical (unpaired) electrons. The number of benzene rings is 3. The standard InChI is InChI=1S/C22H18ClNO/c1-16-12-13-19(23)15-21(16)24-22(25)20(18-10-6-3-7-11-18)14-17-8-4-2-5-9-17/h2-15H,1H3,(H,24,25). The summed E-state index contributed by atoms with van der Waals surface area (Å²) >= 11 is 6.06. The molecule has 0 heterocycles. The van der Waals surface area contributed by atoms with Crippen LogP contribution in [0, 0.1) is 6.92 Å². The zero-order valence-corrected chi connectivity index (χ0v) is 14.6. The Morgan fingerprint density at radius 2 is 1.56 bits per heavy atom. The quantitative estimate of drug-likeness (QED) is 0.467. The SMILES string of the molecule is Cc1ccc(Cl)cc1NC(=O)C(=Cc1ccccc1)c1ccccc1. The first-order valence-electron chi connectivity index (χ1n) is 8.03. The van der Waals surface area contributed by atoms with E-state index in [-0.39, 0.29) is 5.91 Å². The number of nitrogens with one attached hydrogen (secondary N) is 1. The van der Waals surface area contributed by atoms with Crippen molar-refractivity contribution in [2.45, 2.75) is 6.92 Å². The van der Waals surface area contributed by atoms with E-state index < -0.39 is 0 Å². The van der Waals surface area contributed by atoms with Gasteiger partial charge in [0.15, 0.2) is 0 Å². The molecular formula is C22H18ClNO. The number of aryl methyl sites for hydroxylation is 1. The average molecular weight is 348 g/mol. The average Bonchev–Trinajstić information content (AvgIpc) is 2.64. The molecule has 0 fully saturated rings. The number of anilines is 1. The third-order valence-electron chi connectivity index (χ3n) is 3.89. The Morgan fingerprint density at radius 1 is 0.920 bits per heavy atom. The van der Waals surface area contributed by atoms with Crippen molar-refractivity contribution in [1.29, 1.82) is 0 Å². The van der Waals surface area contributed by atoms with Crippen LogP contribution in [0.3, 0.4) is 0 Å². The molecule has 0 saturated carbocycles. The molecule has 3 aromatic carbocycles. The highest BCUT2D eigenvalue weighted by Gasteiger charge is 2.13. The minimum Gasteiger partial charge on any atom is -0.322 e. The fraction of sp³-hybridized carbons (Fsp3) is 0.0455. The van der Waals surface area contributed by atoms with Gasteiger partial charge in [-0.15, -0.1) is 0 Å². The van der Waals surface area contributed by atoms with Gasteiger partial charge in [0.05, 0.1) is 0 Å². The molecule has 0 bridgehead atoms. The van der Waals surface area contributed by atoms with Gasteiger partial charge >= 0.3 is 0 Å². The van der Waals surface area contributed by atoms with Crippen molar-refractivity contribution in [3.8, 4) is 0 Å². The minimum atomic E-state index is -0.166. The van der Waals surface area contributed by atoms with Crippen molar-refractivity contribution in [2.75, 3.05) is 5.32 Å². The van der Waals surface area contributed by atoms with Gasteiger partial charge in [0, 0.05) is 16.3 Å². The van der Waals surface area contributed by atoms with Crippen LogP contribution in [0.4, 0.5) is 5.69 Å². The number of carbonyl (C=O) groups excluding carboxylic acids is 1. The zero-order valence-electron chi connectivity index (χ0n) is 13.9. The highest BCUT2D eigenvalue weighted by atomic mass is 35.5. The van der Waals surface area contributed by atoms with E-state index in [4.69, 9.17) is 11.6 Å². The Labute approximate surface area is 152 Å². The smallest absolute Gasteiger partial charge is 0.256 e. The van der Waals surface area contributed by atoms with Crippen molar-refractivity contribution in [3.63, 3.8) is 0 Å². The number of hydrogen-bond acceptors (Lipinski definition) is 1. The molecule has 3 heteroatoms. The molecule has 0 saturated heterocycles. The summed E-state index contributed by atoms with van der Waals surface area (Å²) in [6.07, 6.45) is 1.89. The van der Waals surface area contributed by atoms with Gasteiger partial charge in [-0.3, -0.25) is 4.79 Å². The Kier molecular flexibility index (Phi) is 5.32. The van der Waals surface area contributed by atoms with Crippen LogP contribution in [0.15, 0.2) is 78.9 Å². The van der Waals surface area contributed by atoms with Crippen LogP contribution in [0.1, 0.15) is 16.7 Å². The molecule has 0 atom stereocenters. The first-order chi connectivity index (χ1) is 12.1. The van der Waals surface area contributed by atoms with Crippen LogP contribution in [0.2, 0.25) is 5.02 Å². The van der Waals surface area contributed by atoms with Crippen LogP contribution in [-0.4, -0.2) is 5.91 Å². The molecule has 0 unspecified atom stereocenters. The van der Waals surface area contributed by atoms with E-state index in [1.54, 1.807) is 6.07 Å². The normalized spacial score (nSPS) is 11.2. The van der Waals surface area contributed by atoms with Crippen LogP contribution < -0.4 is 5.32 Å². The molecule has 3 aromatic rings. The predicted molar refractivity (Wildman–Crippen MR) is 106 cm³/mol. The lowest BCUT2D eigenvalue weighted by atomic mass is 10.0. The Bertz CT molecular complexity index is 902. The van der Waals surface area contributed by atoms with Gasteiger partial charge in [-0.05, 0) is 41.8 Å². The van der Waals surface area contributed by atoms with Gasteiger partial charge in [0.1, 0.15) is 0 Å². The molecule has 0 aliphatic heterocycles. The van der Waals surface area contributed by atoms with Crippen LogP contribution in [0.5, 0.6) is 0 Å². The van der Waals surface area contributed by atoms with E-state index in [2.05, 4.69) is 5.32 Å². The molecule has 2 nitrogen and oxygen atoms in total. The molecule has 1 amide bonds. The number of amides is 1. The molecule has 25 heavy (non-hydrogen) atoms. The third kappa shape index (κ3) is 4.37. The summed E-state index contributed by atoms with van der Waals surface area (Å²) in [5, 5.41) is 3.57. The Morgan fingerprint density at radius 3 is 2.24 bits per heavy atom. The highest BCUT2D eigenvalue weighted by Crippen LogP contribution is 2.24. The second kappa shape index (κ2) is 7.82. The first-order valence-corrected chi connectivity index (χ1v) is 8.41. The Balaban J connectivity index is 1.98. The number of rotatable bonds is 4. The van der Waals surface area contributed by atoms with Gasteiger partial charge in [0.2, 0.25) is 0 Å². The Hall–Kier alpha value is -2.84. The van der Waals surface area contributed by atoms with E-state index in [1.165, 1.54) is 0 Å². The second-order valence-corrected chi connectivity index (χ2v) is 6.18. The minimum absolute atomic E-state index is 0.166. The van der Waals surface area contributed by atoms with Crippen molar-refractivity contribution in [2.24, 2.45) is 0 Å². The summed E-state index contributed by atoms with van der Waals surface area (Å²) in [5.41, 5.74) is 4.12. The molecule has 0 spiro atoms. The maximum Gasteiger partial charge on any atom is 0.256 e. The van der Waals surface area contributed by atoms with Crippen LogP contribution in [-0.2, 0) is 4.79 Å². The lowest BCUT2D eigenvalue weighted by molar-refractivity contribution is -0.111. The molecule has 0 aliphatic carbocycles. The second-order valence-electron chi connectivity index (χ2n) is 5.75. The summed E-state index contributed by atoms with van der Waals surface area (Å²) in [6.45, 7) is 1.94. The maximum absolute atomic E-state index is 13.0. The van der Waals surface area contributed by atoms with E-state index in [1.807, 2.05) is 85.8 Å². The number of hydrogen-bond donors (Lipinski definition) is 1. The van der Waals surface area contributed by atoms with Crippen molar-refractivity contribution >= 4 is 34.8 Å². The fourth-order valence-electron chi connectivity index (χ4n) is 2.53. The monoisotopic (exact) mass is 347 g/mol. The summed E-state index contributed by atoms with van der Waals surface area (Å²) in [5.74, 6) is -0.166. The van der Waals surface area contributed by atoms with E-state index in [0.29, 0.717) is 16.3 Å². The third-order valence-corrected chi connectivity index (χ3v) is 4.12. The molecule has 0 aromatic heterocycles. The molecule has 1 N–H and O–H groups in total. The van der Waals surface area contributed by atoms with E-state index in [9.17, 15) is 4.79 Å². The van der Waals surface area contributed by atoms with Crippen molar-refractivity contribution < 1.29 is 4.79 Å². The van der Waals surface area contributed by atoms with E-state index in [0.717, 1.165) is 16.7 Å². The highest BCUT2D eigenvalue weighted by molar-refractivity contribution is 6.32.